The Kier molecular flexibility index (Phi) is 6.47. The molecule has 38 heavy (non-hydrogen) atoms. The van der Waals surface area contributed by atoms with Gasteiger partial charge in [0, 0.05) is 30.5 Å². The molecule has 3 aliphatic rings. The topological polar surface area (TPSA) is 76.9 Å². The molecule has 3 aliphatic heterocycles. The summed E-state index contributed by atoms with van der Waals surface area (Å²) in [6, 6.07) is 6.94. The van der Waals surface area contributed by atoms with E-state index in [1.54, 1.807) is 25.3 Å². The van der Waals surface area contributed by atoms with E-state index in [4.69, 9.17) is 25.6 Å². The van der Waals surface area contributed by atoms with Crippen molar-refractivity contribution < 1.29 is 23.7 Å². The van der Waals surface area contributed by atoms with E-state index in [1.165, 1.54) is 6.07 Å². The van der Waals surface area contributed by atoms with Crippen LogP contribution in [0.3, 0.4) is 0 Å². The van der Waals surface area contributed by atoms with Crippen LogP contribution in [0.5, 0.6) is 11.8 Å². The second kappa shape index (κ2) is 9.81. The van der Waals surface area contributed by atoms with Crippen LogP contribution in [0.4, 0.5) is 4.39 Å². The largest absolute Gasteiger partial charge is 0.508 e. The number of phenols is 1. The van der Waals surface area contributed by atoms with Crippen LogP contribution >= 0.6 is 0 Å². The molecule has 0 saturated carbocycles. The Labute approximate surface area is 221 Å². The van der Waals surface area contributed by atoms with Crippen molar-refractivity contribution in [1.29, 1.82) is 0 Å². The summed E-state index contributed by atoms with van der Waals surface area (Å²) in [6.07, 6.45) is 10.1. The SMILES string of the molecule is C#Cc1c(F)ccc2cc(O)cc(C3Cc4nc(OCC56CCCN5C(COC)CC6)nc(C)c4CO3)c12. The average Bonchev–Trinajstić information content (AvgIpc) is 3.47. The molecule has 0 amide bonds. The number of phenolic OH excluding ortho intramolecular Hbond substituents is 1. The molecule has 0 bridgehead atoms. The van der Waals surface area contributed by atoms with Gasteiger partial charge in [0.25, 0.3) is 0 Å². The maximum Gasteiger partial charge on any atom is 0.316 e. The van der Waals surface area contributed by atoms with E-state index in [0.29, 0.717) is 48.0 Å². The van der Waals surface area contributed by atoms with Gasteiger partial charge in [0.1, 0.15) is 18.2 Å². The standard InChI is InChI=1S/C30H32FN3O4/c1-4-22-25(31)7-6-19-12-21(35)13-23(28(19)22)27-14-26-24(16-37-27)18(2)32-29(33-26)38-17-30-9-5-11-34(30)20(8-10-30)15-36-3/h1,6-7,12-13,20,27,35H,5,8-11,14-17H2,2-3H3. The number of ether oxygens (including phenoxy) is 3. The fourth-order valence-electron chi connectivity index (χ4n) is 6.70. The van der Waals surface area contributed by atoms with Crippen LogP contribution < -0.4 is 4.74 Å². The van der Waals surface area contributed by atoms with Crippen molar-refractivity contribution in [2.24, 2.45) is 0 Å². The van der Waals surface area contributed by atoms with Crippen LogP contribution in [-0.4, -0.2) is 58.4 Å². The predicted octanol–water partition coefficient (Wildman–Crippen LogP) is 4.60. The maximum atomic E-state index is 14.6. The van der Waals surface area contributed by atoms with Crippen molar-refractivity contribution >= 4 is 10.8 Å². The molecule has 8 heteroatoms. The highest BCUT2D eigenvalue weighted by Gasteiger charge is 2.49. The van der Waals surface area contributed by atoms with Crippen LogP contribution in [0.2, 0.25) is 0 Å². The maximum absolute atomic E-state index is 14.6. The lowest BCUT2D eigenvalue weighted by Crippen LogP contribution is -2.47. The van der Waals surface area contributed by atoms with E-state index >= 15 is 0 Å². The van der Waals surface area contributed by atoms with Crippen LogP contribution in [0.1, 0.15) is 59.9 Å². The van der Waals surface area contributed by atoms with Crippen molar-refractivity contribution in [2.45, 2.75) is 63.3 Å². The van der Waals surface area contributed by atoms with E-state index in [1.807, 2.05) is 6.92 Å². The van der Waals surface area contributed by atoms with Gasteiger partial charge in [-0.3, -0.25) is 4.90 Å². The number of terminal acetylenes is 1. The molecule has 3 aromatic rings. The number of methoxy groups -OCH3 is 1. The first kappa shape index (κ1) is 25.1. The molecule has 2 fully saturated rings. The number of hydrogen-bond donors (Lipinski definition) is 1. The van der Waals surface area contributed by atoms with E-state index in [-0.39, 0.29) is 16.9 Å². The first-order valence-corrected chi connectivity index (χ1v) is 13.2. The Morgan fingerprint density at radius 1 is 1.29 bits per heavy atom. The summed E-state index contributed by atoms with van der Waals surface area (Å²) in [5.74, 6) is 2.07. The third-order valence-electron chi connectivity index (χ3n) is 8.52. The fourth-order valence-corrected chi connectivity index (χ4v) is 6.70. The quantitative estimate of drug-likeness (QED) is 0.479. The molecule has 6 rings (SSSR count). The minimum atomic E-state index is -0.475. The lowest BCUT2D eigenvalue weighted by atomic mass is 9.91. The van der Waals surface area contributed by atoms with Crippen LogP contribution in [0.15, 0.2) is 24.3 Å². The minimum Gasteiger partial charge on any atom is -0.508 e. The number of fused-ring (bicyclic) bond motifs is 3. The second-order valence-corrected chi connectivity index (χ2v) is 10.7. The van der Waals surface area contributed by atoms with Crippen LogP contribution in [0.25, 0.3) is 10.8 Å². The molecule has 198 valence electrons. The highest BCUT2D eigenvalue weighted by atomic mass is 19.1. The van der Waals surface area contributed by atoms with Gasteiger partial charge in [0.15, 0.2) is 0 Å². The Balaban J connectivity index is 1.28. The molecule has 2 saturated heterocycles. The molecule has 0 spiro atoms. The first-order valence-electron chi connectivity index (χ1n) is 13.2. The molecule has 3 unspecified atom stereocenters. The van der Waals surface area contributed by atoms with Gasteiger partial charge in [-0.1, -0.05) is 12.0 Å². The molecular weight excluding hydrogens is 485 g/mol. The van der Waals surface area contributed by atoms with Gasteiger partial charge in [0.2, 0.25) is 0 Å². The monoisotopic (exact) mass is 517 g/mol. The number of halogens is 1. The van der Waals surface area contributed by atoms with Crippen molar-refractivity contribution in [3.8, 4) is 24.1 Å². The second-order valence-electron chi connectivity index (χ2n) is 10.7. The zero-order valence-electron chi connectivity index (χ0n) is 21.8. The van der Waals surface area contributed by atoms with Crippen LogP contribution in [-0.2, 0) is 22.5 Å². The van der Waals surface area contributed by atoms with Crippen molar-refractivity contribution in [2.75, 3.05) is 26.9 Å². The lowest BCUT2D eigenvalue weighted by Gasteiger charge is -2.34. The zero-order valence-corrected chi connectivity index (χ0v) is 21.8. The lowest BCUT2D eigenvalue weighted by molar-refractivity contribution is 0.0251. The molecule has 4 heterocycles. The summed E-state index contributed by atoms with van der Waals surface area (Å²) >= 11 is 0. The smallest absolute Gasteiger partial charge is 0.316 e. The summed E-state index contributed by atoms with van der Waals surface area (Å²) in [5.41, 5.74) is 3.42. The zero-order chi connectivity index (χ0) is 26.4. The van der Waals surface area contributed by atoms with Gasteiger partial charge in [-0.05, 0) is 68.3 Å². The van der Waals surface area contributed by atoms with Gasteiger partial charge in [-0.2, -0.15) is 4.98 Å². The summed E-state index contributed by atoms with van der Waals surface area (Å²) in [4.78, 5) is 12.0. The Bertz CT molecular complexity index is 1440. The number of benzene rings is 2. The molecule has 2 aromatic carbocycles. The number of hydrogen-bond acceptors (Lipinski definition) is 7. The first-order chi connectivity index (χ1) is 18.4. The van der Waals surface area contributed by atoms with E-state index in [0.717, 1.165) is 55.8 Å². The Morgan fingerprint density at radius 2 is 2.16 bits per heavy atom. The summed E-state index contributed by atoms with van der Waals surface area (Å²) in [6.45, 7) is 4.61. The molecule has 1 aromatic heterocycles. The van der Waals surface area contributed by atoms with Crippen molar-refractivity contribution in [3.05, 3.63) is 58.2 Å². The Hall–Kier alpha value is -3.25. The van der Waals surface area contributed by atoms with E-state index in [9.17, 15) is 9.50 Å². The molecular formula is C30H32FN3O4. The van der Waals surface area contributed by atoms with E-state index < -0.39 is 11.9 Å². The number of aromatic hydroxyl groups is 1. The molecule has 0 radical (unpaired) electrons. The highest BCUT2D eigenvalue weighted by Crippen LogP contribution is 2.43. The minimum absolute atomic E-state index is 0.0121. The molecule has 0 aliphatic carbocycles. The average molecular weight is 518 g/mol. The van der Waals surface area contributed by atoms with Gasteiger partial charge < -0.3 is 19.3 Å². The Morgan fingerprint density at radius 3 is 2.97 bits per heavy atom. The summed E-state index contributed by atoms with van der Waals surface area (Å²) in [7, 11) is 1.76. The third-order valence-corrected chi connectivity index (χ3v) is 8.52. The number of rotatable bonds is 6. The fraction of sp³-hybridized carbons (Fsp3) is 0.467. The highest BCUT2D eigenvalue weighted by molar-refractivity contribution is 5.92. The van der Waals surface area contributed by atoms with E-state index in [2.05, 4.69) is 15.8 Å². The molecule has 1 N–H and O–H groups in total. The number of aromatic nitrogens is 2. The van der Waals surface area contributed by atoms with Crippen molar-refractivity contribution in [1.82, 2.24) is 14.9 Å². The number of nitrogens with zero attached hydrogens (tertiary/aromatic N) is 3. The summed E-state index contributed by atoms with van der Waals surface area (Å²) < 4.78 is 32.5. The molecule has 3 atom stereocenters. The van der Waals surface area contributed by atoms with Gasteiger partial charge in [-0.15, -0.1) is 6.42 Å². The van der Waals surface area contributed by atoms with Gasteiger partial charge >= 0.3 is 6.01 Å². The predicted molar refractivity (Wildman–Crippen MR) is 141 cm³/mol. The number of aryl methyl sites for hydroxylation is 1. The molecule has 7 nitrogen and oxygen atoms in total. The summed E-state index contributed by atoms with van der Waals surface area (Å²) in [5, 5.41) is 11.6. The third kappa shape index (κ3) is 4.19. The van der Waals surface area contributed by atoms with Crippen molar-refractivity contribution in [3.63, 3.8) is 0 Å². The van der Waals surface area contributed by atoms with Gasteiger partial charge in [0.05, 0.1) is 41.8 Å². The van der Waals surface area contributed by atoms with Gasteiger partial charge in [-0.25, -0.2) is 9.37 Å². The van der Waals surface area contributed by atoms with Crippen LogP contribution in [0, 0.1) is 25.1 Å². The normalized spacial score (nSPS) is 24.8.